The van der Waals surface area contributed by atoms with Gasteiger partial charge in [-0.2, -0.15) is 5.10 Å². The Labute approximate surface area is 134 Å². The summed E-state index contributed by atoms with van der Waals surface area (Å²) in [6.45, 7) is 3.79. The number of rotatable bonds is 4. The van der Waals surface area contributed by atoms with Gasteiger partial charge in [0.05, 0.1) is 23.1 Å². The molecule has 0 atom stereocenters. The van der Waals surface area contributed by atoms with Crippen molar-refractivity contribution in [2.24, 2.45) is 0 Å². The Morgan fingerprint density at radius 3 is 2.61 bits per heavy atom. The molecule has 1 aliphatic rings. The highest BCUT2D eigenvalue weighted by Crippen LogP contribution is 2.32. The highest BCUT2D eigenvalue weighted by Gasteiger charge is 2.46. The Kier molecular flexibility index (Phi) is 3.67. The van der Waals surface area contributed by atoms with Crippen molar-refractivity contribution in [1.29, 1.82) is 0 Å². The van der Waals surface area contributed by atoms with E-state index >= 15 is 0 Å². The third-order valence-electron chi connectivity index (χ3n) is 4.47. The summed E-state index contributed by atoms with van der Waals surface area (Å²) in [5, 5.41) is 16.3. The number of nitrogens with zero attached hydrogens (tertiary/aromatic N) is 2. The maximum atomic E-state index is 12.5. The van der Waals surface area contributed by atoms with Gasteiger partial charge >= 0.3 is 5.97 Å². The van der Waals surface area contributed by atoms with E-state index in [0.717, 1.165) is 17.7 Å². The van der Waals surface area contributed by atoms with Crippen molar-refractivity contribution in [3.63, 3.8) is 0 Å². The Bertz CT molecular complexity index is 775. The minimum absolute atomic E-state index is 0.386. The molecule has 23 heavy (non-hydrogen) atoms. The van der Waals surface area contributed by atoms with Crippen LogP contribution in [0.2, 0.25) is 0 Å². The average Bonchev–Trinajstić information content (AvgIpc) is 2.84. The van der Waals surface area contributed by atoms with Gasteiger partial charge < -0.3 is 10.4 Å². The Balaban J connectivity index is 1.87. The van der Waals surface area contributed by atoms with E-state index in [1.54, 1.807) is 11.6 Å². The first-order valence-corrected chi connectivity index (χ1v) is 7.60. The molecule has 1 aromatic heterocycles. The normalized spacial score (nSPS) is 15.7. The number of carbonyl (C=O) groups excluding carboxylic acids is 1. The van der Waals surface area contributed by atoms with Gasteiger partial charge in [0.2, 0.25) is 0 Å². The number of carboxylic acids is 1. The topological polar surface area (TPSA) is 84.2 Å². The van der Waals surface area contributed by atoms with Crippen LogP contribution in [0, 0.1) is 13.8 Å². The minimum atomic E-state index is -1.12. The fourth-order valence-electron chi connectivity index (χ4n) is 2.86. The van der Waals surface area contributed by atoms with Crippen molar-refractivity contribution in [2.45, 2.75) is 38.6 Å². The van der Waals surface area contributed by atoms with E-state index in [1.807, 2.05) is 31.2 Å². The van der Waals surface area contributed by atoms with E-state index in [9.17, 15) is 14.7 Å². The number of carboxylic acid groups (broad SMARTS) is 1. The highest BCUT2D eigenvalue weighted by atomic mass is 16.4. The lowest BCUT2D eigenvalue weighted by Gasteiger charge is -2.38. The van der Waals surface area contributed by atoms with Crippen LogP contribution in [-0.2, 0) is 4.79 Å². The van der Waals surface area contributed by atoms with Gasteiger partial charge in [-0.1, -0.05) is 12.1 Å². The molecule has 0 unspecified atom stereocenters. The molecule has 2 N–H and O–H groups in total. The summed E-state index contributed by atoms with van der Waals surface area (Å²) in [7, 11) is 0. The number of benzene rings is 1. The molecule has 1 fully saturated rings. The first kappa shape index (κ1) is 15.3. The molecular formula is C17H19N3O3. The van der Waals surface area contributed by atoms with Crippen molar-refractivity contribution in [2.75, 3.05) is 0 Å². The van der Waals surface area contributed by atoms with Crippen LogP contribution in [-0.4, -0.2) is 32.3 Å². The second-order valence-electron chi connectivity index (χ2n) is 6.09. The highest BCUT2D eigenvalue weighted by molar-refractivity contribution is 5.99. The maximum absolute atomic E-state index is 12.5. The molecular weight excluding hydrogens is 294 g/mol. The van der Waals surface area contributed by atoms with Gasteiger partial charge in [-0.05, 0) is 50.8 Å². The van der Waals surface area contributed by atoms with E-state index in [1.165, 1.54) is 6.20 Å². The fourth-order valence-corrected chi connectivity index (χ4v) is 2.86. The first-order valence-electron chi connectivity index (χ1n) is 7.60. The molecule has 0 aliphatic heterocycles. The summed E-state index contributed by atoms with van der Waals surface area (Å²) in [4.78, 5) is 23.8. The number of hydrogen-bond acceptors (Lipinski definition) is 3. The van der Waals surface area contributed by atoms with Gasteiger partial charge in [-0.3, -0.25) is 4.79 Å². The number of nitrogens with one attached hydrogen (secondary N) is 1. The summed E-state index contributed by atoms with van der Waals surface area (Å²) in [5.74, 6) is -1.36. The molecule has 3 rings (SSSR count). The molecule has 1 aromatic carbocycles. The molecule has 120 valence electrons. The minimum Gasteiger partial charge on any atom is -0.480 e. The van der Waals surface area contributed by atoms with Crippen LogP contribution < -0.4 is 5.32 Å². The van der Waals surface area contributed by atoms with Crippen LogP contribution in [0.3, 0.4) is 0 Å². The second kappa shape index (κ2) is 5.53. The van der Waals surface area contributed by atoms with E-state index in [4.69, 9.17) is 0 Å². The molecule has 6 heteroatoms. The molecule has 0 bridgehead atoms. The van der Waals surface area contributed by atoms with Crippen molar-refractivity contribution in [3.8, 4) is 5.69 Å². The zero-order valence-electron chi connectivity index (χ0n) is 13.2. The van der Waals surface area contributed by atoms with E-state index in [-0.39, 0.29) is 5.91 Å². The van der Waals surface area contributed by atoms with Gasteiger partial charge in [0.15, 0.2) is 0 Å². The molecule has 1 heterocycles. The lowest BCUT2D eigenvalue weighted by molar-refractivity contribution is -0.148. The number of carbonyl (C=O) groups is 2. The van der Waals surface area contributed by atoms with Crippen molar-refractivity contribution >= 4 is 11.9 Å². The molecule has 0 radical (unpaired) electrons. The van der Waals surface area contributed by atoms with Gasteiger partial charge in [-0.25, -0.2) is 9.48 Å². The first-order chi connectivity index (χ1) is 10.9. The third kappa shape index (κ3) is 2.60. The van der Waals surface area contributed by atoms with Crippen LogP contribution >= 0.6 is 0 Å². The molecule has 1 amide bonds. The smallest absolute Gasteiger partial charge is 0.329 e. The molecule has 0 saturated heterocycles. The zero-order valence-corrected chi connectivity index (χ0v) is 13.2. The lowest BCUT2D eigenvalue weighted by Crippen LogP contribution is -2.59. The summed E-state index contributed by atoms with van der Waals surface area (Å²) in [6.07, 6.45) is 3.24. The molecule has 1 aliphatic carbocycles. The molecule has 1 saturated carbocycles. The molecule has 2 aromatic rings. The van der Waals surface area contributed by atoms with Crippen LogP contribution in [0.5, 0.6) is 0 Å². The zero-order chi connectivity index (χ0) is 16.6. The van der Waals surface area contributed by atoms with Crippen molar-refractivity contribution in [1.82, 2.24) is 15.1 Å². The Morgan fingerprint density at radius 1 is 1.30 bits per heavy atom. The SMILES string of the molecule is Cc1cccc(-n2ncc(C(=O)NC3(C(=O)O)CCC3)c2C)c1. The van der Waals surface area contributed by atoms with Crippen LogP contribution in [0.1, 0.15) is 40.9 Å². The van der Waals surface area contributed by atoms with Gasteiger partial charge in [0.25, 0.3) is 5.91 Å². The van der Waals surface area contributed by atoms with Gasteiger partial charge in [0, 0.05) is 0 Å². The van der Waals surface area contributed by atoms with E-state index in [0.29, 0.717) is 24.1 Å². The number of amides is 1. The second-order valence-corrected chi connectivity index (χ2v) is 6.09. The fraction of sp³-hybridized carbons (Fsp3) is 0.353. The predicted octanol–water partition coefficient (Wildman–Crippen LogP) is 2.23. The monoisotopic (exact) mass is 313 g/mol. The van der Waals surface area contributed by atoms with E-state index in [2.05, 4.69) is 10.4 Å². The summed E-state index contributed by atoms with van der Waals surface area (Å²) in [5.41, 5.74) is 1.95. The van der Waals surface area contributed by atoms with Crippen LogP contribution in [0.25, 0.3) is 5.69 Å². The lowest BCUT2D eigenvalue weighted by atomic mass is 9.76. The molecule has 0 spiro atoms. The van der Waals surface area contributed by atoms with Gasteiger partial charge in [-0.15, -0.1) is 0 Å². The number of aliphatic carboxylic acids is 1. The number of aromatic nitrogens is 2. The third-order valence-corrected chi connectivity index (χ3v) is 4.47. The van der Waals surface area contributed by atoms with Gasteiger partial charge in [0.1, 0.15) is 5.54 Å². The summed E-state index contributed by atoms with van der Waals surface area (Å²) in [6, 6.07) is 7.81. The Hall–Kier alpha value is -2.63. The van der Waals surface area contributed by atoms with Crippen LogP contribution in [0.4, 0.5) is 0 Å². The maximum Gasteiger partial charge on any atom is 0.329 e. The van der Waals surface area contributed by atoms with Crippen molar-refractivity contribution < 1.29 is 14.7 Å². The summed E-state index contributed by atoms with van der Waals surface area (Å²) >= 11 is 0. The van der Waals surface area contributed by atoms with Crippen LogP contribution in [0.15, 0.2) is 30.5 Å². The quantitative estimate of drug-likeness (QED) is 0.906. The summed E-state index contributed by atoms with van der Waals surface area (Å²) < 4.78 is 1.69. The standard InChI is InChI=1S/C17H19N3O3/c1-11-5-3-6-13(9-11)20-12(2)14(10-18-20)15(21)19-17(16(22)23)7-4-8-17/h3,5-6,9-10H,4,7-8H2,1-2H3,(H,19,21)(H,22,23). The largest absolute Gasteiger partial charge is 0.480 e. The predicted molar refractivity (Wildman–Crippen MR) is 84.7 cm³/mol. The molecule has 6 nitrogen and oxygen atoms in total. The number of aryl methyl sites for hydroxylation is 1. The average molecular weight is 313 g/mol. The number of hydrogen-bond donors (Lipinski definition) is 2. The Morgan fingerprint density at radius 2 is 2.04 bits per heavy atom. The van der Waals surface area contributed by atoms with Crippen molar-refractivity contribution in [3.05, 3.63) is 47.3 Å². The van der Waals surface area contributed by atoms with E-state index < -0.39 is 11.5 Å².